The van der Waals surface area contributed by atoms with Crippen molar-refractivity contribution in [2.75, 3.05) is 19.8 Å². The Labute approximate surface area is 353 Å². The van der Waals surface area contributed by atoms with Gasteiger partial charge < -0.3 is 35.4 Å². The van der Waals surface area contributed by atoms with Gasteiger partial charge in [-0.2, -0.15) is 0 Å². The summed E-state index contributed by atoms with van der Waals surface area (Å²) in [6.45, 7) is 2.41. The van der Waals surface area contributed by atoms with Crippen molar-refractivity contribution in [2.24, 2.45) is 17.6 Å². The van der Waals surface area contributed by atoms with Crippen LogP contribution in [0.5, 0.6) is 0 Å². The van der Waals surface area contributed by atoms with E-state index in [2.05, 4.69) is 30.5 Å². The fourth-order valence-electron chi connectivity index (χ4n) is 6.63. The van der Waals surface area contributed by atoms with Gasteiger partial charge in [0, 0.05) is 31.1 Å². The number of carboxylic acid groups (broad SMARTS) is 1. The molecular weight excluding hydrogens is 781 g/mol. The number of hydrogen-bond acceptors (Lipinski definition) is 12. The first-order chi connectivity index (χ1) is 28.3. The van der Waals surface area contributed by atoms with Crippen LogP contribution in [0, 0.1) is 11.8 Å². The van der Waals surface area contributed by atoms with Crippen LogP contribution in [-0.4, -0.2) is 88.1 Å². The minimum Gasteiger partial charge on any atom is -0.480 e. The molecule has 14 nitrogen and oxygen atoms in total. The zero-order valence-corrected chi connectivity index (χ0v) is 36.7. The number of aliphatic hydroxyl groups excluding tert-OH is 2. The van der Waals surface area contributed by atoms with E-state index in [-0.39, 0.29) is 31.0 Å². The normalized spacial score (nSPS) is 19.7. The van der Waals surface area contributed by atoms with Crippen LogP contribution < -0.4 is 5.73 Å². The minimum atomic E-state index is -4.79. The Morgan fingerprint density at radius 1 is 0.780 bits per heavy atom. The van der Waals surface area contributed by atoms with Crippen LogP contribution >= 0.6 is 7.82 Å². The first kappa shape index (κ1) is 54.3. The van der Waals surface area contributed by atoms with E-state index in [0.29, 0.717) is 32.1 Å². The van der Waals surface area contributed by atoms with Crippen LogP contribution in [0.1, 0.15) is 162 Å². The number of carboxylic acids is 1. The zero-order chi connectivity index (χ0) is 43.7. The molecule has 0 bridgehead atoms. The Bertz CT molecular complexity index is 1310. The Balaban J connectivity index is 2.52. The van der Waals surface area contributed by atoms with Gasteiger partial charge in [0.2, 0.25) is 0 Å². The zero-order valence-electron chi connectivity index (χ0n) is 35.8. The first-order valence-electron chi connectivity index (χ1n) is 22.1. The summed E-state index contributed by atoms with van der Waals surface area (Å²) in [5, 5.41) is 29.6. The monoisotopic (exact) mass is 858 g/mol. The lowest BCUT2D eigenvalue weighted by molar-refractivity contribution is -0.161. The molecule has 1 aliphatic carbocycles. The van der Waals surface area contributed by atoms with Crippen molar-refractivity contribution < 1.29 is 62.5 Å². The molecule has 0 aromatic heterocycles. The molecule has 0 saturated heterocycles. The fraction of sp³-hybridized carbons (Fsp3) is 0.773. The van der Waals surface area contributed by atoms with Crippen molar-refractivity contribution in [1.29, 1.82) is 0 Å². The van der Waals surface area contributed by atoms with Crippen LogP contribution in [0.3, 0.4) is 0 Å². The molecule has 1 unspecified atom stereocenters. The topological polar surface area (TPSA) is 229 Å². The number of unbranched alkanes of at least 4 members (excludes halogenated alkanes) is 14. The van der Waals surface area contributed by atoms with Crippen molar-refractivity contribution in [3.05, 3.63) is 36.5 Å². The van der Waals surface area contributed by atoms with Crippen molar-refractivity contribution in [3.63, 3.8) is 0 Å². The Hall–Kier alpha value is -2.71. The second-order valence-electron chi connectivity index (χ2n) is 15.6. The maximum atomic E-state index is 12.7. The fourth-order valence-corrected chi connectivity index (χ4v) is 7.41. The third-order valence-electron chi connectivity index (χ3n) is 10.2. The molecule has 1 aliphatic rings. The molecular formula is C44H76NO13P. The number of hydrogen-bond donors (Lipinski definition) is 5. The number of phosphoric acid groups is 1. The standard InChI is InChI=1S/C44H76NO13P/c1-3-5-7-8-9-10-11-12-13-14-15-16-17-18-23-27-42(49)55-32-36(33-56-59(53,54)57-34-39(45)44(51)52)58-43(50)28-24-20-19-22-26-37-38(41(48)31-40(37)47)30-29-35(46)25-21-6-4-2/h12-13,19,22,29-30,35-40,46-47H,3-11,14-18,20-21,23-28,31-34,45H2,1-2H3,(H,51,52)(H,53,54)/b13-12-,22-19-,30-29+/t35-,36+,37+,38+,39-,40-/m0/s1. The summed E-state index contributed by atoms with van der Waals surface area (Å²) in [5.41, 5.74) is 5.32. The van der Waals surface area contributed by atoms with E-state index in [4.69, 9.17) is 24.8 Å². The van der Waals surface area contributed by atoms with Gasteiger partial charge in [-0.1, -0.05) is 121 Å². The first-order valence-corrected chi connectivity index (χ1v) is 23.6. The number of allylic oxidation sites excluding steroid dienone is 5. The number of phosphoric ester groups is 1. The largest absolute Gasteiger partial charge is 0.480 e. The van der Waals surface area contributed by atoms with Crippen molar-refractivity contribution in [3.8, 4) is 0 Å². The van der Waals surface area contributed by atoms with E-state index in [1.807, 2.05) is 12.2 Å². The van der Waals surface area contributed by atoms with E-state index >= 15 is 0 Å². The highest BCUT2D eigenvalue weighted by atomic mass is 31.2. The lowest BCUT2D eigenvalue weighted by Gasteiger charge is -2.20. The molecule has 0 aliphatic heterocycles. The third-order valence-corrected chi connectivity index (χ3v) is 11.2. The molecule has 6 N–H and O–H groups in total. The summed E-state index contributed by atoms with van der Waals surface area (Å²) in [6.07, 6.45) is 28.7. The Morgan fingerprint density at radius 2 is 1.34 bits per heavy atom. The Morgan fingerprint density at radius 3 is 2.00 bits per heavy atom. The summed E-state index contributed by atoms with van der Waals surface area (Å²) < 4.78 is 32.6. The average molecular weight is 858 g/mol. The van der Waals surface area contributed by atoms with E-state index in [1.54, 1.807) is 12.2 Å². The predicted octanol–water partition coefficient (Wildman–Crippen LogP) is 8.20. The van der Waals surface area contributed by atoms with Crippen LogP contribution in [-0.2, 0) is 42.3 Å². The van der Waals surface area contributed by atoms with Gasteiger partial charge >= 0.3 is 25.7 Å². The van der Waals surface area contributed by atoms with E-state index < -0.39 is 75.8 Å². The van der Waals surface area contributed by atoms with Crippen LogP contribution in [0.2, 0.25) is 0 Å². The number of rotatable bonds is 37. The van der Waals surface area contributed by atoms with Gasteiger partial charge in [-0.3, -0.25) is 28.2 Å². The number of ether oxygens (including phenoxy) is 2. The lowest BCUT2D eigenvalue weighted by atomic mass is 9.90. The molecule has 59 heavy (non-hydrogen) atoms. The highest BCUT2D eigenvalue weighted by molar-refractivity contribution is 7.47. The molecule has 0 amide bonds. The number of ketones is 1. The minimum absolute atomic E-state index is 0.0315. The molecule has 0 aromatic rings. The SMILES string of the molecule is CCCCCCCC/C=C\CCCCCCCC(=O)OC[C@H](COP(=O)(O)OC[C@H](N)C(=O)O)OC(=O)CCC/C=C\C[C@H]1[C@@H](O)CC(=O)[C@@H]1/C=C/[C@@H](O)CCCCC. The maximum absolute atomic E-state index is 12.7. The Kier molecular flexibility index (Phi) is 31.2. The highest BCUT2D eigenvalue weighted by Gasteiger charge is 2.39. The van der Waals surface area contributed by atoms with Gasteiger partial charge in [0.25, 0.3) is 0 Å². The average Bonchev–Trinajstić information content (AvgIpc) is 3.47. The highest BCUT2D eigenvalue weighted by Crippen LogP contribution is 2.43. The quantitative estimate of drug-likeness (QED) is 0.0172. The third kappa shape index (κ3) is 28.4. The lowest BCUT2D eigenvalue weighted by Crippen LogP contribution is -2.34. The summed E-state index contributed by atoms with van der Waals surface area (Å²) in [4.78, 5) is 58.7. The number of aliphatic carboxylic acids is 1. The second kappa shape index (κ2) is 33.9. The smallest absolute Gasteiger partial charge is 0.472 e. The van der Waals surface area contributed by atoms with Crippen LogP contribution in [0.4, 0.5) is 0 Å². The number of carbonyl (C=O) groups excluding carboxylic acids is 3. The summed E-state index contributed by atoms with van der Waals surface area (Å²) >= 11 is 0. The molecule has 0 radical (unpaired) electrons. The summed E-state index contributed by atoms with van der Waals surface area (Å²) in [7, 11) is -4.79. The van der Waals surface area contributed by atoms with Gasteiger partial charge in [-0.05, 0) is 57.8 Å². The van der Waals surface area contributed by atoms with Crippen molar-refractivity contribution in [1.82, 2.24) is 0 Å². The number of esters is 2. The van der Waals surface area contributed by atoms with Gasteiger partial charge in [-0.15, -0.1) is 0 Å². The molecule has 1 saturated carbocycles. The number of Topliss-reactive ketones (excluding diaryl/α,β-unsaturated/α-hetero) is 1. The molecule has 15 heteroatoms. The number of carbonyl (C=O) groups is 4. The van der Waals surface area contributed by atoms with Gasteiger partial charge in [0.1, 0.15) is 18.4 Å². The number of nitrogens with two attached hydrogens (primary N) is 1. The molecule has 7 atom stereocenters. The van der Waals surface area contributed by atoms with Crippen LogP contribution in [0.15, 0.2) is 36.5 Å². The van der Waals surface area contributed by atoms with E-state index in [9.17, 15) is 38.8 Å². The van der Waals surface area contributed by atoms with Gasteiger partial charge in [0.15, 0.2) is 6.10 Å². The summed E-state index contributed by atoms with van der Waals surface area (Å²) in [6, 6.07) is -1.57. The van der Waals surface area contributed by atoms with Crippen LogP contribution in [0.25, 0.3) is 0 Å². The second-order valence-corrected chi connectivity index (χ2v) is 17.1. The van der Waals surface area contributed by atoms with Crippen molar-refractivity contribution >= 4 is 31.5 Å². The van der Waals surface area contributed by atoms with Gasteiger partial charge in [0.05, 0.1) is 25.4 Å². The molecule has 0 heterocycles. The maximum Gasteiger partial charge on any atom is 0.472 e. The molecule has 1 rings (SSSR count). The molecule has 1 fully saturated rings. The van der Waals surface area contributed by atoms with E-state index in [1.165, 1.54) is 38.5 Å². The molecule has 340 valence electrons. The molecule has 0 aromatic carbocycles. The predicted molar refractivity (Wildman–Crippen MR) is 227 cm³/mol. The van der Waals surface area contributed by atoms with Crippen molar-refractivity contribution in [2.45, 2.75) is 186 Å². The summed E-state index contributed by atoms with van der Waals surface area (Å²) in [5.74, 6) is -3.47. The molecule has 0 spiro atoms. The van der Waals surface area contributed by atoms with E-state index in [0.717, 1.165) is 57.8 Å². The van der Waals surface area contributed by atoms with Gasteiger partial charge in [-0.25, -0.2) is 4.57 Å². The number of aliphatic hydroxyl groups is 2.